The van der Waals surface area contributed by atoms with Crippen LogP contribution in [0, 0.1) is 0 Å². The zero-order valence-corrected chi connectivity index (χ0v) is 16.7. The maximum absolute atomic E-state index is 4.55. The quantitative estimate of drug-likeness (QED) is 0.584. The summed E-state index contributed by atoms with van der Waals surface area (Å²) in [6.07, 6.45) is 2.44. The van der Waals surface area contributed by atoms with Crippen molar-refractivity contribution in [2.24, 2.45) is 7.05 Å². The summed E-state index contributed by atoms with van der Waals surface area (Å²) in [5.74, 6) is 2.55. The highest BCUT2D eigenvalue weighted by Crippen LogP contribution is 2.29. The summed E-state index contributed by atoms with van der Waals surface area (Å²) in [4.78, 5) is 4.01. The molecule has 6 heteroatoms. The van der Waals surface area contributed by atoms with E-state index in [0.29, 0.717) is 5.92 Å². The van der Waals surface area contributed by atoms with Crippen molar-refractivity contribution < 1.29 is 0 Å². The van der Waals surface area contributed by atoms with E-state index in [-0.39, 0.29) is 0 Å². The standard InChI is InChI=1S/C20H24N4S2/c1-23-19(21-22-20(23)26-15-16-7-3-2-4-8-16)17-9-5-11-24(13-17)14-18-10-6-12-25-18/h2-4,6-8,10,12,17H,5,9,11,13-15H2,1H3/t17-/m1/s1. The van der Waals surface area contributed by atoms with Crippen molar-refractivity contribution in [3.63, 3.8) is 0 Å². The molecule has 1 fully saturated rings. The summed E-state index contributed by atoms with van der Waals surface area (Å²) >= 11 is 3.61. The van der Waals surface area contributed by atoms with Crippen LogP contribution in [0.4, 0.5) is 0 Å². The van der Waals surface area contributed by atoms with E-state index in [1.165, 1.54) is 29.8 Å². The van der Waals surface area contributed by atoms with Gasteiger partial charge in [-0.25, -0.2) is 0 Å². The highest BCUT2D eigenvalue weighted by atomic mass is 32.2. The van der Waals surface area contributed by atoms with Gasteiger partial charge >= 0.3 is 0 Å². The van der Waals surface area contributed by atoms with Crippen molar-refractivity contribution in [2.45, 2.75) is 36.2 Å². The molecule has 4 rings (SSSR count). The molecule has 1 aliphatic heterocycles. The van der Waals surface area contributed by atoms with Crippen LogP contribution < -0.4 is 0 Å². The molecule has 2 aromatic heterocycles. The minimum atomic E-state index is 0.479. The first kappa shape index (κ1) is 17.8. The Labute approximate surface area is 163 Å². The van der Waals surface area contributed by atoms with Crippen LogP contribution in [0.15, 0.2) is 53.0 Å². The van der Waals surface area contributed by atoms with E-state index in [4.69, 9.17) is 0 Å². The zero-order chi connectivity index (χ0) is 17.8. The Kier molecular flexibility index (Phi) is 5.72. The molecular weight excluding hydrogens is 360 g/mol. The Morgan fingerprint density at radius 1 is 1.15 bits per heavy atom. The number of hydrogen-bond acceptors (Lipinski definition) is 5. The first-order chi connectivity index (χ1) is 12.8. The van der Waals surface area contributed by atoms with Gasteiger partial charge in [-0.3, -0.25) is 4.90 Å². The van der Waals surface area contributed by atoms with Crippen LogP contribution in [0.1, 0.15) is 35.0 Å². The molecular formula is C20H24N4S2. The van der Waals surface area contributed by atoms with Gasteiger partial charge in [-0.15, -0.1) is 21.5 Å². The molecule has 0 bridgehead atoms. The van der Waals surface area contributed by atoms with E-state index in [1.54, 1.807) is 11.8 Å². The van der Waals surface area contributed by atoms with E-state index >= 15 is 0 Å². The van der Waals surface area contributed by atoms with E-state index in [0.717, 1.165) is 29.8 Å². The lowest BCUT2D eigenvalue weighted by molar-refractivity contribution is 0.196. The Morgan fingerprint density at radius 3 is 2.85 bits per heavy atom. The summed E-state index contributed by atoms with van der Waals surface area (Å²) < 4.78 is 2.20. The summed E-state index contributed by atoms with van der Waals surface area (Å²) in [5, 5.41) is 12.2. The first-order valence-corrected chi connectivity index (χ1v) is 11.0. The topological polar surface area (TPSA) is 34.0 Å². The molecule has 1 saturated heterocycles. The molecule has 0 saturated carbocycles. The number of rotatable bonds is 6. The number of thioether (sulfide) groups is 1. The van der Waals surface area contributed by atoms with Gasteiger partial charge in [-0.2, -0.15) is 0 Å². The molecule has 0 radical (unpaired) electrons. The van der Waals surface area contributed by atoms with Gasteiger partial charge in [-0.1, -0.05) is 48.2 Å². The van der Waals surface area contributed by atoms with E-state index < -0.39 is 0 Å². The molecule has 26 heavy (non-hydrogen) atoms. The van der Waals surface area contributed by atoms with Gasteiger partial charge in [0.2, 0.25) is 0 Å². The van der Waals surface area contributed by atoms with Gasteiger partial charge in [0.25, 0.3) is 0 Å². The molecule has 3 aromatic rings. The van der Waals surface area contributed by atoms with Gasteiger partial charge in [-0.05, 0) is 36.4 Å². The highest BCUT2D eigenvalue weighted by molar-refractivity contribution is 7.98. The molecule has 1 atom stereocenters. The average Bonchev–Trinajstić information content (AvgIpc) is 3.31. The number of thiophene rings is 1. The summed E-state index contributed by atoms with van der Waals surface area (Å²) in [6.45, 7) is 3.32. The smallest absolute Gasteiger partial charge is 0.191 e. The second-order valence-corrected chi connectivity index (χ2v) is 8.80. The van der Waals surface area contributed by atoms with Gasteiger partial charge in [0.1, 0.15) is 5.82 Å². The second-order valence-electron chi connectivity index (χ2n) is 6.83. The van der Waals surface area contributed by atoms with Crippen molar-refractivity contribution in [3.8, 4) is 0 Å². The first-order valence-electron chi connectivity index (χ1n) is 9.10. The number of piperidine rings is 1. The van der Waals surface area contributed by atoms with Crippen LogP contribution in [0.2, 0.25) is 0 Å². The van der Waals surface area contributed by atoms with Crippen LogP contribution in [0.25, 0.3) is 0 Å². The number of likely N-dealkylation sites (tertiary alicyclic amines) is 1. The Morgan fingerprint density at radius 2 is 2.04 bits per heavy atom. The van der Waals surface area contributed by atoms with Crippen LogP contribution >= 0.6 is 23.1 Å². The van der Waals surface area contributed by atoms with Crippen LogP contribution in [-0.4, -0.2) is 32.8 Å². The molecule has 1 aliphatic rings. The van der Waals surface area contributed by atoms with Crippen molar-refractivity contribution in [1.29, 1.82) is 0 Å². The van der Waals surface area contributed by atoms with Gasteiger partial charge in [0.15, 0.2) is 5.16 Å². The lowest BCUT2D eigenvalue weighted by atomic mass is 9.97. The van der Waals surface area contributed by atoms with Gasteiger partial charge < -0.3 is 4.57 Å². The predicted octanol–water partition coefficient (Wildman–Crippen LogP) is 4.55. The number of aromatic nitrogens is 3. The van der Waals surface area contributed by atoms with Gasteiger partial charge in [0.05, 0.1) is 0 Å². The lowest BCUT2D eigenvalue weighted by Crippen LogP contribution is -2.34. The Balaban J connectivity index is 1.40. The van der Waals surface area contributed by atoms with E-state index in [1.807, 2.05) is 11.3 Å². The molecule has 0 unspecified atom stereocenters. The highest BCUT2D eigenvalue weighted by Gasteiger charge is 2.26. The second kappa shape index (κ2) is 8.37. The summed E-state index contributed by atoms with van der Waals surface area (Å²) in [7, 11) is 2.11. The maximum Gasteiger partial charge on any atom is 0.191 e. The fourth-order valence-electron chi connectivity index (χ4n) is 3.56. The third-order valence-electron chi connectivity index (χ3n) is 4.91. The predicted molar refractivity (Wildman–Crippen MR) is 109 cm³/mol. The van der Waals surface area contributed by atoms with Crippen molar-refractivity contribution in [3.05, 3.63) is 64.1 Å². The molecule has 3 heterocycles. The molecule has 0 aliphatic carbocycles. The third kappa shape index (κ3) is 4.19. The monoisotopic (exact) mass is 384 g/mol. The van der Waals surface area contributed by atoms with Crippen molar-refractivity contribution in [2.75, 3.05) is 13.1 Å². The van der Waals surface area contributed by atoms with Crippen LogP contribution in [-0.2, 0) is 19.3 Å². The normalized spacial score (nSPS) is 18.3. The van der Waals surface area contributed by atoms with Gasteiger partial charge in [0, 0.05) is 36.7 Å². The van der Waals surface area contributed by atoms with E-state index in [9.17, 15) is 0 Å². The zero-order valence-electron chi connectivity index (χ0n) is 15.0. The molecule has 4 nitrogen and oxygen atoms in total. The van der Waals surface area contributed by atoms with Crippen molar-refractivity contribution >= 4 is 23.1 Å². The molecule has 136 valence electrons. The van der Waals surface area contributed by atoms with Crippen LogP contribution in [0.3, 0.4) is 0 Å². The number of benzene rings is 1. The average molecular weight is 385 g/mol. The summed E-state index contributed by atoms with van der Waals surface area (Å²) in [6, 6.07) is 14.9. The largest absolute Gasteiger partial charge is 0.309 e. The fraction of sp³-hybridized carbons (Fsp3) is 0.400. The maximum atomic E-state index is 4.55. The van der Waals surface area contributed by atoms with E-state index in [2.05, 4.69) is 74.6 Å². The molecule has 0 spiro atoms. The third-order valence-corrected chi connectivity index (χ3v) is 6.86. The number of hydrogen-bond donors (Lipinski definition) is 0. The SMILES string of the molecule is Cn1c(SCc2ccccc2)nnc1[C@@H]1CCCN(Cc2cccs2)C1. The lowest BCUT2D eigenvalue weighted by Gasteiger charge is -2.31. The molecule has 0 amide bonds. The fourth-order valence-corrected chi connectivity index (χ4v) is 5.18. The van der Waals surface area contributed by atoms with Crippen molar-refractivity contribution in [1.82, 2.24) is 19.7 Å². The van der Waals surface area contributed by atoms with Crippen LogP contribution in [0.5, 0.6) is 0 Å². The molecule has 0 N–H and O–H groups in total. The Hall–Kier alpha value is -1.63. The minimum absolute atomic E-state index is 0.479. The molecule has 1 aromatic carbocycles. The number of nitrogens with zero attached hydrogens (tertiary/aromatic N) is 4. The Bertz CT molecular complexity index is 814. The summed E-state index contributed by atoms with van der Waals surface area (Å²) in [5.41, 5.74) is 1.32. The minimum Gasteiger partial charge on any atom is -0.309 e.